The van der Waals surface area contributed by atoms with Crippen LogP contribution in [0.4, 0.5) is 11.4 Å². The van der Waals surface area contributed by atoms with E-state index >= 15 is 0 Å². The van der Waals surface area contributed by atoms with Crippen molar-refractivity contribution >= 4 is 44.5 Å². The number of sulfonamides is 1. The van der Waals surface area contributed by atoms with Crippen LogP contribution in [0.2, 0.25) is 5.02 Å². The highest BCUT2D eigenvalue weighted by molar-refractivity contribution is 7.97. The maximum absolute atomic E-state index is 13.4. The van der Waals surface area contributed by atoms with E-state index in [-0.39, 0.29) is 4.91 Å². The number of nitrogens with one attached hydrogen (secondary N) is 1. The van der Waals surface area contributed by atoms with Crippen LogP contribution in [0, 0.1) is 0 Å². The molecule has 158 valence electrons. The van der Waals surface area contributed by atoms with Gasteiger partial charge in [-0.3, -0.25) is 9.10 Å². The Bertz CT molecular complexity index is 1300. The van der Waals surface area contributed by atoms with E-state index in [1.54, 1.807) is 66.7 Å². The van der Waals surface area contributed by atoms with Crippen LogP contribution in [0.1, 0.15) is 11.1 Å². The molecule has 4 rings (SSSR count). The number of hydrogen-bond acceptors (Lipinski definition) is 4. The molecule has 0 fully saturated rings. The third-order valence-corrected chi connectivity index (χ3v) is 7.07. The van der Waals surface area contributed by atoms with Gasteiger partial charge in [0.05, 0.1) is 12.8 Å². The molecule has 31 heavy (non-hydrogen) atoms. The monoisotopic (exact) mass is 454 g/mol. The molecule has 3 aromatic rings. The van der Waals surface area contributed by atoms with E-state index in [0.29, 0.717) is 38.8 Å². The summed E-state index contributed by atoms with van der Waals surface area (Å²) < 4.78 is 33.2. The van der Waals surface area contributed by atoms with Crippen molar-refractivity contribution in [3.63, 3.8) is 0 Å². The predicted octanol–water partition coefficient (Wildman–Crippen LogP) is 4.53. The van der Waals surface area contributed by atoms with Crippen molar-refractivity contribution in [3.8, 4) is 5.75 Å². The van der Waals surface area contributed by atoms with Gasteiger partial charge < -0.3 is 10.1 Å². The molecule has 3 aromatic carbocycles. The van der Waals surface area contributed by atoms with Crippen molar-refractivity contribution < 1.29 is 17.9 Å². The second-order valence-corrected chi connectivity index (χ2v) is 9.23. The zero-order valence-corrected chi connectivity index (χ0v) is 18.4. The van der Waals surface area contributed by atoms with Gasteiger partial charge in [-0.25, -0.2) is 8.42 Å². The maximum Gasteiger partial charge on any atom is 0.270 e. The summed E-state index contributed by atoms with van der Waals surface area (Å²) in [6.07, 6.45) is 0. The molecule has 0 saturated carbocycles. The van der Waals surface area contributed by atoms with Crippen molar-refractivity contribution in [1.29, 1.82) is 0 Å². The van der Waals surface area contributed by atoms with Crippen LogP contribution in [-0.2, 0) is 14.8 Å². The van der Waals surface area contributed by atoms with Gasteiger partial charge in [0.15, 0.2) is 4.91 Å². The fourth-order valence-electron chi connectivity index (χ4n) is 3.51. The molecule has 0 bridgehead atoms. The van der Waals surface area contributed by atoms with Crippen LogP contribution < -0.4 is 14.4 Å². The summed E-state index contributed by atoms with van der Waals surface area (Å²) in [7, 11) is -1.20. The minimum Gasteiger partial charge on any atom is -0.497 e. The largest absolute Gasteiger partial charge is 0.497 e. The first-order valence-corrected chi connectivity index (χ1v) is 11.2. The van der Waals surface area contributed by atoms with Gasteiger partial charge in [0.2, 0.25) is 0 Å². The van der Waals surface area contributed by atoms with Crippen LogP contribution in [0.3, 0.4) is 0 Å². The van der Waals surface area contributed by atoms with Crippen molar-refractivity contribution in [2.75, 3.05) is 23.8 Å². The highest BCUT2D eigenvalue weighted by Crippen LogP contribution is 2.43. The van der Waals surface area contributed by atoms with E-state index < -0.39 is 15.9 Å². The number of nitrogens with zero attached hydrogens (tertiary/aromatic N) is 1. The second-order valence-electron chi connectivity index (χ2n) is 6.89. The van der Waals surface area contributed by atoms with Gasteiger partial charge in [-0.05, 0) is 35.9 Å². The SMILES string of the molecule is COc1cccc(NC(=O)C2=C(c3ccccc3)c3cc(Cl)ccc3N(C)S2(=O)=O)c1. The van der Waals surface area contributed by atoms with Gasteiger partial charge in [-0.15, -0.1) is 0 Å². The molecule has 8 heteroatoms. The molecule has 0 atom stereocenters. The smallest absolute Gasteiger partial charge is 0.270 e. The Hall–Kier alpha value is -3.29. The number of amides is 1. The molecule has 1 amide bonds. The van der Waals surface area contributed by atoms with Crippen LogP contribution in [-0.4, -0.2) is 28.5 Å². The van der Waals surface area contributed by atoms with Gasteiger partial charge in [-0.1, -0.05) is 48.0 Å². The van der Waals surface area contributed by atoms with Gasteiger partial charge in [0.1, 0.15) is 5.75 Å². The third kappa shape index (κ3) is 3.78. The van der Waals surface area contributed by atoms with E-state index in [0.717, 1.165) is 4.31 Å². The highest BCUT2D eigenvalue weighted by atomic mass is 35.5. The van der Waals surface area contributed by atoms with Crippen LogP contribution in [0.15, 0.2) is 77.7 Å². The Morgan fingerprint density at radius 3 is 2.45 bits per heavy atom. The molecule has 0 spiro atoms. The maximum atomic E-state index is 13.4. The number of methoxy groups -OCH3 is 1. The minimum absolute atomic E-state index is 0.302. The van der Waals surface area contributed by atoms with Crippen LogP contribution >= 0.6 is 11.6 Å². The second kappa shape index (κ2) is 8.09. The minimum atomic E-state index is -4.13. The number of halogens is 1. The molecule has 0 aliphatic carbocycles. The molecule has 1 aliphatic heterocycles. The molecular formula is C23H19ClN2O4S. The lowest BCUT2D eigenvalue weighted by Crippen LogP contribution is -2.37. The summed E-state index contributed by atoms with van der Waals surface area (Å²) in [5, 5.41) is 3.13. The molecule has 0 unspecified atom stereocenters. The van der Waals surface area contributed by atoms with Crippen molar-refractivity contribution in [2.45, 2.75) is 0 Å². The number of carbonyl (C=O) groups is 1. The Morgan fingerprint density at radius 2 is 1.74 bits per heavy atom. The summed E-state index contributed by atoms with van der Waals surface area (Å²) in [4.78, 5) is 13.0. The highest BCUT2D eigenvalue weighted by Gasteiger charge is 2.39. The van der Waals surface area contributed by atoms with Crippen molar-refractivity contribution in [1.82, 2.24) is 0 Å². The van der Waals surface area contributed by atoms with E-state index in [1.165, 1.54) is 14.2 Å². The molecule has 6 nitrogen and oxygen atoms in total. The number of anilines is 2. The number of fused-ring (bicyclic) bond motifs is 1. The molecule has 0 aromatic heterocycles. The summed E-state index contributed by atoms with van der Waals surface area (Å²) in [5.74, 6) is -0.208. The normalized spacial score (nSPS) is 14.7. The topological polar surface area (TPSA) is 75.7 Å². The fourth-order valence-corrected chi connectivity index (χ4v) is 5.15. The van der Waals surface area contributed by atoms with E-state index in [9.17, 15) is 13.2 Å². The van der Waals surface area contributed by atoms with Gasteiger partial charge in [0.25, 0.3) is 15.9 Å². The van der Waals surface area contributed by atoms with E-state index in [2.05, 4.69) is 5.32 Å². The third-order valence-electron chi connectivity index (χ3n) is 5.01. The van der Waals surface area contributed by atoms with Crippen LogP contribution in [0.5, 0.6) is 5.75 Å². The molecule has 0 saturated heterocycles. The molecule has 0 radical (unpaired) electrons. The summed E-state index contributed by atoms with van der Waals surface area (Å²) >= 11 is 6.23. The Kier molecular flexibility index (Phi) is 5.47. The number of rotatable bonds is 4. The molecular weight excluding hydrogens is 436 g/mol. The lowest BCUT2D eigenvalue weighted by Gasteiger charge is -2.31. The zero-order valence-electron chi connectivity index (χ0n) is 16.8. The average molecular weight is 455 g/mol. The number of hydrogen-bond donors (Lipinski definition) is 1. The molecule has 1 aliphatic rings. The lowest BCUT2D eigenvalue weighted by atomic mass is 9.95. The number of benzene rings is 3. The standard InChI is InChI=1S/C23H19ClN2O4S/c1-26-20-12-11-16(24)13-19(20)21(15-7-4-3-5-8-15)22(31(26,28)29)23(27)25-17-9-6-10-18(14-17)30-2/h3-14H,1-2H3,(H,25,27). The van der Waals surface area contributed by atoms with E-state index in [4.69, 9.17) is 16.3 Å². The first kappa shape index (κ1) is 21.0. The summed E-state index contributed by atoms with van der Waals surface area (Å²) in [6.45, 7) is 0. The Labute approximate surface area is 185 Å². The Balaban J connectivity index is 1.96. The van der Waals surface area contributed by atoms with Crippen molar-refractivity contribution in [3.05, 3.63) is 93.9 Å². The molecule has 1 heterocycles. The first-order chi connectivity index (χ1) is 14.8. The lowest BCUT2D eigenvalue weighted by molar-refractivity contribution is -0.112. The average Bonchev–Trinajstić information content (AvgIpc) is 2.76. The number of ether oxygens (including phenoxy) is 1. The fraction of sp³-hybridized carbons (Fsp3) is 0.0870. The summed E-state index contributed by atoms with van der Waals surface area (Å²) in [5.41, 5.74) is 2.32. The number of carbonyl (C=O) groups excluding carboxylic acids is 1. The first-order valence-electron chi connectivity index (χ1n) is 9.37. The zero-order chi connectivity index (χ0) is 22.2. The van der Waals surface area contributed by atoms with Crippen molar-refractivity contribution in [2.24, 2.45) is 0 Å². The van der Waals surface area contributed by atoms with Crippen LogP contribution in [0.25, 0.3) is 5.57 Å². The Morgan fingerprint density at radius 1 is 1.00 bits per heavy atom. The quantitative estimate of drug-likeness (QED) is 0.628. The predicted molar refractivity (Wildman–Crippen MR) is 123 cm³/mol. The van der Waals surface area contributed by atoms with Gasteiger partial charge >= 0.3 is 0 Å². The van der Waals surface area contributed by atoms with Gasteiger partial charge in [0, 0.05) is 35.0 Å². The molecule has 1 N–H and O–H groups in total. The van der Waals surface area contributed by atoms with E-state index in [1.807, 2.05) is 6.07 Å². The summed E-state index contributed by atoms with van der Waals surface area (Å²) in [6, 6.07) is 20.6. The van der Waals surface area contributed by atoms with Gasteiger partial charge in [-0.2, -0.15) is 0 Å².